The van der Waals surface area contributed by atoms with Crippen LogP contribution in [0.5, 0.6) is 11.5 Å². The van der Waals surface area contributed by atoms with Crippen molar-refractivity contribution >= 4 is 22.3 Å². The van der Waals surface area contributed by atoms with Crippen LogP contribution in [0, 0.1) is 0 Å². The van der Waals surface area contributed by atoms with Gasteiger partial charge < -0.3 is 15.2 Å². The Morgan fingerprint density at radius 1 is 1.31 bits per heavy atom. The number of methoxy groups -OCH3 is 2. The van der Waals surface area contributed by atoms with Crippen molar-refractivity contribution in [3.8, 4) is 11.5 Å². The fourth-order valence-corrected chi connectivity index (χ4v) is 1.71. The molecule has 0 fully saturated rings. The van der Waals surface area contributed by atoms with E-state index in [2.05, 4.69) is 0 Å². The molecule has 0 heterocycles. The lowest BCUT2D eigenvalue weighted by molar-refractivity contribution is 0.355. The van der Waals surface area contributed by atoms with E-state index in [4.69, 9.17) is 26.8 Å². The molecule has 0 aliphatic rings. The van der Waals surface area contributed by atoms with Gasteiger partial charge in [-0.15, -0.1) is 0 Å². The van der Waals surface area contributed by atoms with Crippen molar-refractivity contribution in [1.82, 2.24) is 0 Å². The Morgan fingerprint density at radius 3 is 2.38 bits per heavy atom. The molecule has 1 aromatic rings. The van der Waals surface area contributed by atoms with E-state index in [9.17, 15) is 0 Å². The van der Waals surface area contributed by atoms with Crippen molar-refractivity contribution in [2.75, 3.05) is 20.0 Å². The molecular weight excluding hydrogens is 226 g/mol. The normalized spacial score (nSPS) is 11.4. The fourth-order valence-electron chi connectivity index (χ4n) is 1.39. The second-order valence-corrected chi connectivity index (χ2v) is 3.66. The third-order valence-electron chi connectivity index (χ3n) is 2.20. The Bertz CT molecular complexity index is 402. The SMILES string of the molecule is CCC=C(Cl)c1cc(OC)c(OC)cc1N. The van der Waals surface area contributed by atoms with Gasteiger partial charge in [0.2, 0.25) is 0 Å². The van der Waals surface area contributed by atoms with Crippen molar-refractivity contribution in [3.63, 3.8) is 0 Å². The van der Waals surface area contributed by atoms with Gasteiger partial charge in [-0.2, -0.15) is 0 Å². The first kappa shape index (κ1) is 12.7. The van der Waals surface area contributed by atoms with Crippen LogP contribution in [0.2, 0.25) is 0 Å². The summed E-state index contributed by atoms with van der Waals surface area (Å²) in [6.45, 7) is 2.01. The minimum Gasteiger partial charge on any atom is -0.493 e. The molecule has 4 heteroatoms. The molecule has 2 N–H and O–H groups in total. The number of hydrogen-bond donors (Lipinski definition) is 1. The van der Waals surface area contributed by atoms with Crippen LogP contribution in [-0.4, -0.2) is 14.2 Å². The average Bonchev–Trinajstić information content (AvgIpc) is 2.28. The predicted molar refractivity (Wildman–Crippen MR) is 68.1 cm³/mol. The second kappa shape index (κ2) is 5.66. The molecule has 0 saturated carbocycles. The lowest BCUT2D eigenvalue weighted by Crippen LogP contribution is -1.97. The Hall–Kier alpha value is -1.35. The molecular formula is C12H16ClNO2. The van der Waals surface area contributed by atoms with Gasteiger partial charge in [-0.1, -0.05) is 24.6 Å². The molecule has 0 saturated heterocycles. The van der Waals surface area contributed by atoms with E-state index >= 15 is 0 Å². The van der Waals surface area contributed by atoms with E-state index in [0.29, 0.717) is 22.2 Å². The van der Waals surface area contributed by atoms with Gasteiger partial charge in [0, 0.05) is 22.3 Å². The molecule has 0 bridgehead atoms. The van der Waals surface area contributed by atoms with Gasteiger partial charge in [-0.05, 0) is 12.5 Å². The van der Waals surface area contributed by atoms with E-state index in [1.54, 1.807) is 26.4 Å². The maximum absolute atomic E-state index is 6.12. The van der Waals surface area contributed by atoms with Gasteiger partial charge in [-0.25, -0.2) is 0 Å². The topological polar surface area (TPSA) is 44.5 Å². The van der Waals surface area contributed by atoms with Gasteiger partial charge in [0.05, 0.1) is 14.2 Å². The minimum absolute atomic E-state index is 0.576. The summed E-state index contributed by atoms with van der Waals surface area (Å²) in [5.74, 6) is 1.22. The number of rotatable bonds is 4. The molecule has 0 atom stereocenters. The van der Waals surface area contributed by atoms with E-state index in [0.717, 1.165) is 12.0 Å². The van der Waals surface area contributed by atoms with Crippen LogP contribution in [0.25, 0.3) is 5.03 Å². The Morgan fingerprint density at radius 2 is 1.88 bits per heavy atom. The average molecular weight is 242 g/mol. The number of hydrogen-bond acceptors (Lipinski definition) is 3. The number of ether oxygens (including phenoxy) is 2. The zero-order valence-electron chi connectivity index (χ0n) is 9.71. The number of nitrogens with two attached hydrogens (primary N) is 1. The van der Waals surface area contributed by atoms with Gasteiger partial charge in [0.1, 0.15) is 0 Å². The van der Waals surface area contributed by atoms with Gasteiger partial charge >= 0.3 is 0 Å². The van der Waals surface area contributed by atoms with Crippen LogP contribution in [0.15, 0.2) is 18.2 Å². The molecule has 88 valence electrons. The number of nitrogen functional groups attached to an aromatic ring is 1. The first-order valence-corrected chi connectivity index (χ1v) is 5.39. The summed E-state index contributed by atoms with van der Waals surface area (Å²) in [5.41, 5.74) is 7.23. The van der Waals surface area contributed by atoms with Crippen molar-refractivity contribution in [1.29, 1.82) is 0 Å². The zero-order valence-corrected chi connectivity index (χ0v) is 10.5. The van der Waals surface area contributed by atoms with E-state index in [1.165, 1.54) is 0 Å². The summed E-state index contributed by atoms with van der Waals surface area (Å²) in [5, 5.41) is 0.626. The van der Waals surface area contributed by atoms with Crippen LogP contribution in [-0.2, 0) is 0 Å². The predicted octanol–water partition coefficient (Wildman–Crippen LogP) is 3.28. The molecule has 0 spiro atoms. The third-order valence-corrected chi connectivity index (χ3v) is 2.55. The van der Waals surface area contributed by atoms with Gasteiger partial charge in [-0.3, -0.25) is 0 Å². The minimum atomic E-state index is 0.576. The zero-order chi connectivity index (χ0) is 12.1. The highest BCUT2D eigenvalue weighted by molar-refractivity contribution is 6.49. The second-order valence-electron chi connectivity index (χ2n) is 3.25. The molecule has 16 heavy (non-hydrogen) atoms. The third kappa shape index (κ3) is 2.61. The van der Waals surface area contributed by atoms with Gasteiger partial charge in [0.25, 0.3) is 0 Å². The van der Waals surface area contributed by atoms with Gasteiger partial charge in [0.15, 0.2) is 11.5 Å². The highest BCUT2D eigenvalue weighted by atomic mass is 35.5. The van der Waals surface area contributed by atoms with Crippen LogP contribution in [0.1, 0.15) is 18.9 Å². The molecule has 0 amide bonds. The summed E-state index contributed by atoms with van der Waals surface area (Å²) >= 11 is 6.12. The summed E-state index contributed by atoms with van der Waals surface area (Å²) in [6.07, 6.45) is 2.76. The van der Waals surface area contributed by atoms with Crippen LogP contribution in [0.3, 0.4) is 0 Å². The molecule has 0 unspecified atom stereocenters. The first-order valence-electron chi connectivity index (χ1n) is 5.01. The molecule has 0 radical (unpaired) electrons. The van der Waals surface area contributed by atoms with Crippen molar-refractivity contribution in [2.45, 2.75) is 13.3 Å². The Labute approximate surface area is 101 Å². The highest BCUT2D eigenvalue weighted by Crippen LogP contribution is 2.36. The maximum atomic E-state index is 6.12. The lowest BCUT2D eigenvalue weighted by Gasteiger charge is -2.12. The lowest BCUT2D eigenvalue weighted by atomic mass is 10.1. The Kier molecular flexibility index (Phi) is 4.50. The molecule has 0 aliphatic carbocycles. The van der Waals surface area contributed by atoms with Crippen LogP contribution < -0.4 is 15.2 Å². The largest absolute Gasteiger partial charge is 0.493 e. The van der Waals surface area contributed by atoms with E-state index in [-0.39, 0.29) is 0 Å². The van der Waals surface area contributed by atoms with Crippen molar-refractivity contribution in [2.24, 2.45) is 0 Å². The summed E-state index contributed by atoms with van der Waals surface area (Å²) in [6, 6.07) is 3.49. The molecule has 1 rings (SSSR count). The first-order chi connectivity index (χ1) is 7.63. The maximum Gasteiger partial charge on any atom is 0.162 e. The summed E-state index contributed by atoms with van der Waals surface area (Å²) in [7, 11) is 3.15. The number of allylic oxidation sites excluding steroid dienone is 1. The quantitative estimate of drug-likeness (QED) is 0.823. The molecule has 1 aromatic carbocycles. The van der Waals surface area contributed by atoms with Crippen LogP contribution in [0.4, 0.5) is 5.69 Å². The van der Waals surface area contributed by atoms with Crippen molar-refractivity contribution in [3.05, 3.63) is 23.8 Å². The summed E-state index contributed by atoms with van der Waals surface area (Å²) in [4.78, 5) is 0. The number of anilines is 1. The standard InChI is InChI=1S/C12H16ClNO2/c1-4-5-9(13)8-6-11(15-2)12(16-3)7-10(8)14/h5-7H,4,14H2,1-3H3. The van der Waals surface area contributed by atoms with E-state index in [1.807, 2.05) is 13.0 Å². The molecule has 3 nitrogen and oxygen atoms in total. The number of benzene rings is 1. The summed E-state index contributed by atoms with van der Waals surface area (Å²) < 4.78 is 10.3. The Balaban J connectivity index is 3.26. The van der Waals surface area contributed by atoms with Crippen LogP contribution >= 0.6 is 11.6 Å². The molecule has 0 aliphatic heterocycles. The smallest absolute Gasteiger partial charge is 0.162 e. The molecule has 0 aromatic heterocycles. The highest BCUT2D eigenvalue weighted by Gasteiger charge is 2.10. The van der Waals surface area contributed by atoms with E-state index < -0.39 is 0 Å². The fraction of sp³-hybridized carbons (Fsp3) is 0.333. The monoisotopic (exact) mass is 241 g/mol. The number of halogens is 1. The van der Waals surface area contributed by atoms with Crippen molar-refractivity contribution < 1.29 is 9.47 Å².